The van der Waals surface area contributed by atoms with Crippen LogP contribution in [-0.2, 0) is 11.2 Å². The summed E-state index contributed by atoms with van der Waals surface area (Å²) in [5.41, 5.74) is 0. The van der Waals surface area contributed by atoms with Crippen LogP contribution in [0.3, 0.4) is 0 Å². The Morgan fingerprint density at radius 3 is 2.70 bits per heavy atom. The standard InChI is InChI=1S/C14H22N2O3S/c1-4-10(2)12(13(17)18)15-14(19)16(3)8-7-11-6-5-9-20-11/h5-6,9-10,12H,4,7-8H2,1-3H3,(H,15,19)(H,17,18)/t10-,12-/m0/s1. The maximum Gasteiger partial charge on any atom is 0.326 e. The van der Waals surface area contributed by atoms with Crippen LogP contribution in [0.5, 0.6) is 0 Å². The fraction of sp³-hybridized carbons (Fsp3) is 0.571. The number of aliphatic carboxylic acids is 1. The van der Waals surface area contributed by atoms with Crippen LogP contribution in [0, 0.1) is 5.92 Å². The molecule has 0 aromatic carbocycles. The van der Waals surface area contributed by atoms with Crippen LogP contribution in [-0.4, -0.2) is 41.6 Å². The number of nitrogens with one attached hydrogen (secondary N) is 1. The van der Waals surface area contributed by atoms with Gasteiger partial charge in [0.2, 0.25) is 0 Å². The predicted octanol–water partition coefficient (Wildman–Crippen LogP) is 2.43. The van der Waals surface area contributed by atoms with Crippen molar-refractivity contribution in [2.45, 2.75) is 32.7 Å². The number of carbonyl (C=O) groups excluding carboxylic acids is 1. The van der Waals surface area contributed by atoms with Crippen LogP contribution < -0.4 is 5.32 Å². The molecule has 0 saturated heterocycles. The zero-order valence-corrected chi connectivity index (χ0v) is 12.9. The molecule has 0 spiro atoms. The van der Waals surface area contributed by atoms with E-state index in [1.807, 2.05) is 31.4 Å². The monoisotopic (exact) mass is 298 g/mol. The molecule has 0 unspecified atom stereocenters. The lowest BCUT2D eigenvalue weighted by Crippen LogP contribution is -2.49. The molecule has 0 radical (unpaired) electrons. The summed E-state index contributed by atoms with van der Waals surface area (Å²) in [5.74, 6) is -1.08. The lowest BCUT2D eigenvalue weighted by Gasteiger charge is -2.24. The molecule has 1 aromatic rings. The highest BCUT2D eigenvalue weighted by molar-refractivity contribution is 7.09. The van der Waals surface area contributed by atoms with Crippen molar-refractivity contribution in [1.82, 2.24) is 10.2 Å². The molecule has 0 bridgehead atoms. The first-order valence-corrected chi connectivity index (χ1v) is 7.60. The van der Waals surface area contributed by atoms with Crippen molar-refractivity contribution in [1.29, 1.82) is 0 Å². The van der Waals surface area contributed by atoms with Gasteiger partial charge in [-0.15, -0.1) is 11.3 Å². The highest BCUT2D eigenvalue weighted by atomic mass is 32.1. The van der Waals surface area contributed by atoms with Gasteiger partial charge in [0, 0.05) is 18.5 Å². The van der Waals surface area contributed by atoms with E-state index in [0.717, 1.165) is 6.42 Å². The van der Waals surface area contributed by atoms with E-state index < -0.39 is 12.0 Å². The molecule has 0 saturated carbocycles. The summed E-state index contributed by atoms with van der Waals surface area (Å²) in [6.45, 7) is 4.30. The van der Waals surface area contributed by atoms with Crippen LogP contribution in [0.25, 0.3) is 0 Å². The molecule has 2 amide bonds. The van der Waals surface area contributed by atoms with Crippen molar-refractivity contribution in [3.63, 3.8) is 0 Å². The van der Waals surface area contributed by atoms with E-state index >= 15 is 0 Å². The molecule has 0 aliphatic carbocycles. The van der Waals surface area contributed by atoms with E-state index in [0.29, 0.717) is 13.0 Å². The van der Waals surface area contributed by atoms with Crippen molar-refractivity contribution in [3.05, 3.63) is 22.4 Å². The van der Waals surface area contributed by atoms with Crippen LogP contribution in [0.15, 0.2) is 17.5 Å². The zero-order chi connectivity index (χ0) is 15.1. The summed E-state index contributed by atoms with van der Waals surface area (Å²) in [5, 5.41) is 13.7. The summed E-state index contributed by atoms with van der Waals surface area (Å²) >= 11 is 1.65. The molecule has 2 atom stereocenters. The third-order valence-electron chi connectivity index (χ3n) is 3.38. The van der Waals surface area contributed by atoms with Crippen LogP contribution in [0.2, 0.25) is 0 Å². The number of carboxylic acids is 1. The zero-order valence-electron chi connectivity index (χ0n) is 12.1. The van der Waals surface area contributed by atoms with Gasteiger partial charge in [0.15, 0.2) is 0 Å². The van der Waals surface area contributed by atoms with E-state index in [9.17, 15) is 9.59 Å². The molecule has 5 nitrogen and oxygen atoms in total. The minimum Gasteiger partial charge on any atom is -0.480 e. The van der Waals surface area contributed by atoms with Gasteiger partial charge >= 0.3 is 12.0 Å². The SMILES string of the molecule is CC[C@H](C)[C@H](NC(=O)N(C)CCc1cccs1)C(=O)O. The Balaban J connectivity index is 2.48. The van der Waals surface area contributed by atoms with E-state index in [2.05, 4.69) is 5.32 Å². The second-order valence-electron chi connectivity index (χ2n) is 4.90. The Kier molecular flexibility index (Phi) is 6.51. The van der Waals surface area contributed by atoms with Gasteiger partial charge in [-0.2, -0.15) is 0 Å². The number of likely N-dealkylation sites (N-methyl/N-ethyl adjacent to an activating group) is 1. The highest BCUT2D eigenvalue weighted by Crippen LogP contribution is 2.10. The number of urea groups is 1. The van der Waals surface area contributed by atoms with Gasteiger partial charge in [0.1, 0.15) is 6.04 Å². The molecule has 0 aliphatic heterocycles. The number of thiophene rings is 1. The van der Waals surface area contributed by atoms with Crippen molar-refractivity contribution >= 4 is 23.3 Å². The predicted molar refractivity (Wildman–Crippen MR) is 80.1 cm³/mol. The van der Waals surface area contributed by atoms with Crippen molar-refractivity contribution in [2.75, 3.05) is 13.6 Å². The van der Waals surface area contributed by atoms with Crippen LogP contribution >= 0.6 is 11.3 Å². The average Bonchev–Trinajstić information content (AvgIpc) is 2.93. The van der Waals surface area contributed by atoms with E-state index in [1.54, 1.807) is 18.4 Å². The molecular weight excluding hydrogens is 276 g/mol. The first-order valence-electron chi connectivity index (χ1n) is 6.72. The molecule has 0 fully saturated rings. The minimum absolute atomic E-state index is 0.0952. The Labute approximate surface area is 123 Å². The van der Waals surface area contributed by atoms with Gasteiger partial charge in [0.05, 0.1) is 0 Å². The number of rotatable bonds is 7. The summed E-state index contributed by atoms with van der Waals surface area (Å²) in [7, 11) is 1.68. The Hall–Kier alpha value is -1.56. The Morgan fingerprint density at radius 2 is 2.20 bits per heavy atom. The fourth-order valence-corrected chi connectivity index (χ4v) is 2.46. The number of nitrogens with zero attached hydrogens (tertiary/aromatic N) is 1. The van der Waals surface area contributed by atoms with Crippen molar-refractivity contribution in [3.8, 4) is 0 Å². The molecule has 112 valence electrons. The maximum atomic E-state index is 12.0. The molecule has 1 heterocycles. The third-order valence-corrected chi connectivity index (χ3v) is 4.31. The topological polar surface area (TPSA) is 69.6 Å². The first kappa shape index (κ1) is 16.5. The first-order chi connectivity index (χ1) is 9.45. The quantitative estimate of drug-likeness (QED) is 0.812. The highest BCUT2D eigenvalue weighted by Gasteiger charge is 2.26. The molecule has 2 N–H and O–H groups in total. The maximum absolute atomic E-state index is 12.0. The van der Waals surface area contributed by atoms with Gasteiger partial charge in [-0.1, -0.05) is 26.3 Å². The molecule has 20 heavy (non-hydrogen) atoms. The van der Waals surface area contributed by atoms with Crippen molar-refractivity contribution < 1.29 is 14.7 Å². The van der Waals surface area contributed by atoms with Gasteiger partial charge in [-0.05, 0) is 23.8 Å². The summed E-state index contributed by atoms with van der Waals surface area (Å²) < 4.78 is 0. The third kappa shape index (κ3) is 4.85. The summed E-state index contributed by atoms with van der Waals surface area (Å²) in [6.07, 6.45) is 1.48. The number of carboxylic acid groups (broad SMARTS) is 1. The molecule has 6 heteroatoms. The second-order valence-corrected chi connectivity index (χ2v) is 5.93. The van der Waals surface area contributed by atoms with Crippen molar-refractivity contribution in [2.24, 2.45) is 5.92 Å². The molecule has 1 rings (SSSR count). The Bertz CT molecular complexity index is 434. The lowest BCUT2D eigenvalue weighted by atomic mass is 9.99. The van der Waals surface area contributed by atoms with E-state index in [1.165, 1.54) is 9.78 Å². The minimum atomic E-state index is -0.987. The van der Waals surface area contributed by atoms with Gasteiger partial charge < -0.3 is 15.3 Å². The molecule has 0 aliphatic rings. The summed E-state index contributed by atoms with van der Waals surface area (Å²) in [4.78, 5) is 25.9. The number of hydrogen-bond acceptors (Lipinski definition) is 3. The molecular formula is C14H22N2O3S. The second kappa shape index (κ2) is 7.89. The number of hydrogen-bond donors (Lipinski definition) is 2. The van der Waals surface area contributed by atoms with E-state index in [4.69, 9.17) is 5.11 Å². The van der Waals surface area contributed by atoms with Crippen LogP contribution in [0.1, 0.15) is 25.1 Å². The molecule has 1 aromatic heterocycles. The Morgan fingerprint density at radius 1 is 1.50 bits per heavy atom. The van der Waals surface area contributed by atoms with Gasteiger partial charge in [-0.3, -0.25) is 0 Å². The van der Waals surface area contributed by atoms with Gasteiger partial charge in [-0.25, -0.2) is 9.59 Å². The normalized spacial score (nSPS) is 13.6. The number of amides is 2. The lowest BCUT2D eigenvalue weighted by molar-refractivity contribution is -0.140. The fourth-order valence-electron chi connectivity index (χ4n) is 1.76. The number of carbonyl (C=O) groups is 2. The van der Waals surface area contributed by atoms with Crippen LogP contribution in [0.4, 0.5) is 4.79 Å². The van der Waals surface area contributed by atoms with E-state index in [-0.39, 0.29) is 11.9 Å². The average molecular weight is 298 g/mol. The summed E-state index contributed by atoms with van der Waals surface area (Å²) in [6, 6.07) is 2.82. The van der Waals surface area contributed by atoms with Gasteiger partial charge in [0.25, 0.3) is 0 Å². The largest absolute Gasteiger partial charge is 0.480 e. The smallest absolute Gasteiger partial charge is 0.326 e.